The van der Waals surface area contributed by atoms with Crippen molar-refractivity contribution < 1.29 is 14.3 Å². The third-order valence-corrected chi connectivity index (χ3v) is 7.16. The lowest BCUT2D eigenvalue weighted by molar-refractivity contribution is -0.113. The molecule has 176 valence electrons. The smallest absolute Gasteiger partial charge is 0.341 e. The number of amides is 1. The highest BCUT2D eigenvalue weighted by molar-refractivity contribution is 7.99. The predicted molar refractivity (Wildman–Crippen MR) is 139 cm³/mol. The average Bonchev–Trinajstić information content (AvgIpc) is 3.42. The van der Waals surface area contributed by atoms with E-state index in [1.807, 2.05) is 71.6 Å². The first kappa shape index (κ1) is 23.0. The SMILES string of the molecule is CCOC(=O)c1c(-c2ccccc2)csc1NC(=O)CSc1nnc2c3ccccc3n(C)c2n1. The second-order valence-corrected chi connectivity index (χ2v) is 9.44. The number of aromatic nitrogens is 4. The van der Waals surface area contributed by atoms with Gasteiger partial charge in [0.1, 0.15) is 16.1 Å². The predicted octanol–water partition coefficient (Wildman–Crippen LogP) is 5.15. The van der Waals surface area contributed by atoms with Gasteiger partial charge in [0.05, 0.1) is 17.9 Å². The molecule has 0 spiro atoms. The molecule has 3 heterocycles. The van der Waals surface area contributed by atoms with Crippen molar-refractivity contribution in [3.05, 3.63) is 65.5 Å². The lowest BCUT2D eigenvalue weighted by Gasteiger charge is -2.08. The molecule has 0 saturated carbocycles. The maximum Gasteiger partial charge on any atom is 0.341 e. The molecule has 0 unspecified atom stereocenters. The molecule has 3 aromatic heterocycles. The molecule has 0 fully saturated rings. The van der Waals surface area contributed by atoms with Crippen molar-refractivity contribution in [3.8, 4) is 11.1 Å². The number of anilines is 1. The monoisotopic (exact) mass is 503 g/mol. The molecule has 8 nitrogen and oxygen atoms in total. The summed E-state index contributed by atoms with van der Waals surface area (Å²) in [6.45, 7) is 2.00. The summed E-state index contributed by atoms with van der Waals surface area (Å²) < 4.78 is 7.22. The number of fused-ring (bicyclic) bond motifs is 3. The standard InChI is InChI=1S/C25H21N5O3S2/c1-3-33-24(32)20-17(15-9-5-4-6-10-15)13-34-23(20)26-19(31)14-35-25-27-22-21(28-29-25)16-11-7-8-12-18(16)30(22)2/h4-13H,3,14H2,1-2H3,(H,26,31). The van der Waals surface area contributed by atoms with Gasteiger partial charge in [0.25, 0.3) is 0 Å². The van der Waals surface area contributed by atoms with Gasteiger partial charge in [0, 0.05) is 23.4 Å². The zero-order valence-corrected chi connectivity index (χ0v) is 20.7. The number of benzene rings is 2. The molecule has 0 bridgehead atoms. The third kappa shape index (κ3) is 4.50. The second-order valence-electron chi connectivity index (χ2n) is 7.62. The van der Waals surface area contributed by atoms with Crippen LogP contribution in [0.4, 0.5) is 5.00 Å². The average molecular weight is 504 g/mol. The number of thiophene rings is 1. The van der Waals surface area contributed by atoms with Gasteiger partial charge in [-0.15, -0.1) is 21.5 Å². The van der Waals surface area contributed by atoms with Gasteiger partial charge >= 0.3 is 5.97 Å². The molecule has 0 atom stereocenters. The molecule has 0 aliphatic heterocycles. The molecule has 0 saturated heterocycles. The first-order valence-electron chi connectivity index (χ1n) is 10.9. The van der Waals surface area contributed by atoms with Gasteiger partial charge in [-0.05, 0) is 18.6 Å². The molecule has 2 aromatic carbocycles. The molecule has 5 aromatic rings. The number of hydrogen-bond donors (Lipinski definition) is 1. The summed E-state index contributed by atoms with van der Waals surface area (Å²) in [7, 11) is 1.93. The van der Waals surface area contributed by atoms with Gasteiger partial charge in [0.15, 0.2) is 5.65 Å². The topological polar surface area (TPSA) is 99.0 Å². The zero-order valence-electron chi connectivity index (χ0n) is 19.0. The van der Waals surface area contributed by atoms with Gasteiger partial charge in [-0.25, -0.2) is 9.78 Å². The minimum atomic E-state index is -0.468. The number of ether oxygens (including phenoxy) is 1. The van der Waals surface area contributed by atoms with Crippen molar-refractivity contribution in [2.75, 3.05) is 17.7 Å². The van der Waals surface area contributed by atoms with Crippen LogP contribution < -0.4 is 5.32 Å². The van der Waals surface area contributed by atoms with E-state index in [-0.39, 0.29) is 18.3 Å². The number of thioether (sulfide) groups is 1. The van der Waals surface area contributed by atoms with Gasteiger partial charge < -0.3 is 14.6 Å². The summed E-state index contributed by atoms with van der Waals surface area (Å²) in [6.07, 6.45) is 0. The summed E-state index contributed by atoms with van der Waals surface area (Å²) in [5.74, 6) is -0.676. The van der Waals surface area contributed by atoms with Crippen molar-refractivity contribution in [1.29, 1.82) is 0 Å². The van der Waals surface area contributed by atoms with Crippen LogP contribution in [0.5, 0.6) is 0 Å². The van der Waals surface area contributed by atoms with Crippen molar-refractivity contribution in [2.24, 2.45) is 7.05 Å². The van der Waals surface area contributed by atoms with Gasteiger partial charge in [-0.2, -0.15) is 0 Å². The Bertz CT molecular complexity index is 1550. The van der Waals surface area contributed by atoms with Crippen molar-refractivity contribution >= 4 is 62.0 Å². The van der Waals surface area contributed by atoms with E-state index in [0.717, 1.165) is 27.5 Å². The number of nitrogens with zero attached hydrogens (tertiary/aromatic N) is 4. The molecule has 0 aliphatic carbocycles. The quantitative estimate of drug-likeness (QED) is 0.242. The van der Waals surface area contributed by atoms with Crippen LogP contribution in [0.3, 0.4) is 0 Å². The minimum Gasteiger partial charge on any atom is -0.462 e. The molecular weight excluding hydrogens is 482 g/mol. The van der Waals surface area contributed by atoms with Crippen molar-refractivity contribution in [1.82, 2.24) is 19.7 Å². The number of rotatable bonds is 7. The molecule has 0 radical (unpaired) electrons. The number of nitrogens with one attached hydrogen (secondary N) is 1. The van der Waals surface area contributed by atoms with E-state index >= 15 is 0 Å². The van der Waals surface area contributed by atoms with Gasteiger partial charge in [0.2, 0.25) is 11.1 Å². The highest BCUT2D eigenvalue weighted by atomic mass is 32.2. The Morgan fingerprint density at radius 3 is 2.66 bits per heavy atom. The van der Waals surface area contributed by atoms with Crippen LogP contribution in [0, 0.1) is 0 Å². The lowest BCUT2D eigenvalue weighted by Crippen LogP contribution is -2.16. The molecule has 10 heteroatoms. The summed E-state index contributed by atoms with van der Waals surface area (Å²) in [6, 6.07) is 17.5. The Morgan fingerprint density at radius 2 is 1.86 bits per heavy atom. The van der Waals surface area contributed by atoms with E-state index in [2.05, 4.69) is 20.5 Å². The van der Waals surface area contributed by atoms with E-state index in [1.165, 1.54) is 23.1 Å². The third-order valence-electron chi connectivity index (χ3n) is 5.43. The van der Waals surface area contributed by atoms with E-state index in [0.29, 0.717) is 21.4 Å². The van der Waals surface area contributed by atoms with Crippen LogP contribution >= 0.6 is 23.1 Å². The fourth-order valence-electron chi connectivity index (χ4n) is 3.83. The Hall–Kier alpha value is -3.76. The summed E-state index contributed by atoms with van der Waals surface area (Å²) in [4.78, 5) is 30.1. The van der Waals surface area contributed by atoms with Crippen LogP contribution in [0.2, 0.25) is 0 Å². The molecule has 0 aliphatic rings. The van der Waals surface area contributed by atoms with Gasteiger partial charge in [-0.3, -0.25) is 4.79 Å². The molecule has 1 N–H and O–H groups in total. The fourth-order valence-corrected chi connectivity index (χ4v) is 5.39. The van der Waals surface area contributed by atoms with E-state index in [1.54, 1.807) is 6.92 Å². The largest absolute Gasteiger partial charge is 0.462 e. The number of carbonyl (C=O) groups is 2. The lowest BCUT2D eigenvalue weighted by atomic mass is 10.0. The Balaban J connectivity index is 1.35. The van der Waals surface area contributed by atoms with Crippen LogP contribution in [0.25, 0.3) is 33.2 Å². The first-order chi connectivity index (χ1) is 17.1. The summed E-state index contributed by atoms with van der Waals surface area (Å²) in [5, 5.41) is 15.1. The molecule has 5 rings (SSSR count). The maximum absolute atomic E-state index is 12.8. The van der Waals surface area contributed by atoms with Crippen molar-refractivity contribution in [2.45, 2.75) is 12.1 Å². The highest BCUT2D eigenvalue weighted by Crippen LogP contribution is 2.36. The number of hydrogen-bond acceptors (Lipinski definition) is 8. The van der Waals surface area contributed by atoms with Crippen LogP contribution in [-0.4, -0.2) is 44.0 Å². The minimum absolute atomic E-state index is 0.0674. The summed E-state index contributed by atoms with van der Waals surface area (Å²) in [5.41, 5.74) is 4.41. The molecule has 35 heavy (non-hydrogen) atoms. The highest BCUT2D eigenvalue weighted by Gasteiger charge is 2.23. The van der Waals surface area contributed by atoms with Gasteiger partial charge in [-0.1, -0.05) is 60.3 Å². The van der Waals surface area contributed by atoms with Crippen molar-refractivity contribution in [3.63, 3.8) is 0 Å². The normalized spacial score (nSPS) is 11.1. The Morgan fingerprint density at radius 1 is 1.09 bits per heavy atom. The Kier molecular flexibility index (Phi) is 6.47. The number of para-hydroxylation sites is 1. The molecular formula is C25H21N5O3S2. The second kappa shape index (κ2) is 9.85. The van der Waals surface area contributed by atoms with Crippen LogP contribution in [0.15, 0.2) is 65.1 Å². The van der Waals surface area contributed by atoms with Crippen LogP contribution in [-0.2, 0) is 16.6 Å². The van der Waals surface area contributed by atoms with Crippen LogP contribution in [0.1, 0.15) is 17.3 Å². The summed E-state index contributed by atoms with van der Waals surface area (Å²) >= 11 is 2.48. The van der Waals surface area contributed by atoms with E-state index in [4.69, 9.17) is 4.74 Å². The fraction of sp³-hybridized carbons (Fsp3) is 0.160. The number of aryl methyl sites for hydroxylation is 1. The molecule has 1 amide bonds. The van der Waals surface area contributed by atoms with E-state index < -0.39 is 5.97 Å². The number of esters is 1. The zero-order chi connectivity index (χ0) is 24.4. The number of carbonyl (C=O) groups excluding carboxylic acids is 2. The Labute approximate surface area is 209 Å². The van der Waals surface area contributed by atoms with E-state index in [9.17, 15) is 9.59 Å². The first-order valence-corrected chi connectivity index (χ1v) is 12.8. The maximum atomic E-state index is 12.8.